The highest BCUT2D eigenvalue weighted by atomic mass is 35.5. The van der Waals surface area contributed by atoms with Gasteiger partial charge in [0.2, 0.25) is 0 Å². The third kappa shape index (κ3) is 2.92. The summed E-state index contributed by atoms with van der Waals surface area (Å²) in [5.41, 5.74) is 4.95. The Labute approximate surface area is 131 Å². The largest absolute Gasteiger partial charge is 0.493 e. The van der Waals surface area contributed by atoms with E-state index in [1.54, 1.807) is 0 Å². The molecule has 0 amide bonds. The van der Waals surface area contributed by atoms with Gasteiger partial charge in [0.05, 0.1) is 12.6 Å². The standard InChI is InChI=1S/C18H20ClNO/c1-3-20-18(14-4-6-16(19)12(2)10-14)15-5-7-17-13(11-15)8-9-21-17/h4-7,10-11,18,20H,3,8-9H2,1-2H3. The lowest BCUT2D eigenvalue weighted by atomic mass is 9.95. The van der Waals surface area contributed by atoms with Crippen LogP contribution in [0.2, 0.25) is 5.02 Å². The van der Waals surface area contributed by atoms with E-state index in [1.807, 2.05) is 13.0 Å². The number of fused-ring (bicyclic) bond motifs is 1. The molecule has 2 aromatic carbocycles. The summed E-state index contributed by atoms with van der Waals surface area (Å²) in [6, 6.07) is 12.9. The van der Waals surface area contributed by atoms with Crippen molar-refractivity contribution >= 4 is 11.6 Å². The summed E-state index contributed by atoms with van der Waals surface area (Å²) in [6.45, 7) is 5.89. The van der Waals surface area contributed by atoms with E-state index < -0.39 is 0 Å². The molecule has 0 spiro atoms. The second-order valence-corrected chi connectivity index (χ2v) is 5.87. The Hall–Kier alpha value is -1.51. The number of aryl methyl sites for hydroxylation is 1. The molecule has 3 heteroatoms. The minimum atomic E-state index is 0.192. The third-order valence-corrected chi connectivity index (χ3v) is 4.39. The molecule has 1 N–H and O–H groups in total. The van der Waals surface area contributed by atoms with E-state index in [0.717, 1.165) is 35.9 Å². The van der Waals surface area contributed by atoms with Crippen LogP contribution in [0, 0.1) is 6.92 Å². The lowest BCUT2D eigenvalue weighted by molar-refractivity contribution is 0.357. The first-order valence-corrected chi connectivity index (χ1v) is 7.82. The van der Waals surface area contributed by atoms with E-state index in [1.165, 1.54) is 16.7 Å². The molecule has 1 unspecified atom stereocenters. The summed E-state index contributed by atoms with van der Waals surface area (Å²) < 4.78 is 5.60. The number of hydrogen-bond donors (Lipinski definition) is 1. The third-order valence-electron chi connectivity index (χ3n) is 3.97. The summed E-state index contributed by atoms with van der Waals surface area (Å²) in [4.78, 5) is 0. The molecule has 110 valence electrons. The number of ether oxygens (including phenoxy) is 1. The molecule has 1 aliphatic heterocycles. The van der Waals surface area contributed by atoms with Gasteiger partial charge in [0, 0.05) is 11.4 Å². The first kappa shape index (κ1) is 14.4. The zero-order valence-electron chi connectivity index (χ0n) is 12.4. The molecule has 3 rings (SSSR count). The maximum Gasteiger partial charge on any atom is 0.122 e. The maximum absolute atomic E-state index is 6.15. The summed E-state index contributed by atoms with van der Waals surface area (Å²) in [7, 11) is 0. The van der Waals surface area contributed by atoms with Crippen molar-refractivity contribution in [2.45, 2.75) is 26.3 Å². The van der Waals surface area contributed by atoms with Crippen molar-refractivity contribution in [2.75, 3.05) is 13.2 Å². The van der Waals surface area contributed by atoms with Crippen molar-refractivity contribution in [1.82, 2.24) is 5.32 Å². The van der Waals surface area contributed by atoms with Crippen molar-refractivity contribution < 1.29 is 4.74 Å². The number of hydrogen-bond acceptors (Lipinski definition) is 2. The molecule has 0 fully saturated rings. The van der Waals surface area contributed by atoms with Crippen molar-refractivity contribution in [3.63, 3.8) is 0 Å². The Balaban J connectivity index is 1.99. The lowest BCUT2D eigenvalue weighted by Crippen LogP contribution is -2.22. The van der Waals surface area contributed by atoms with Crippen molar-refractivity contribution in [3.8, 4) is 5.75 Å². The van der Waals surface area contributed by atoms with Crippen LogP contribution in [0.1, 0.15) is 35.2 Å². The van der Waals surface area contributed by atoms with Gasteiger partial charge in [-0.3, -0.25) is 0 Å². The molecule has 0 bridgehead atoms. The number of nitrogens with one attached hydrogen (secondary N) is 1. The first-order valence-electron chi connectivity index (χ1n) is 7.44. The zero-order valence-corrected chi connectivity index (χ0v) is 13.2. The summed E-state index contributed by atoms with van der Waals surface area (Å²) >= 11 is 6.15. The average Bonchev–Trinajstić information content (AvgIpc) is 2.95. The number of rotatable bonds is 4. The van der Waals surface area contributed by atoms with Gasteiger partial charge >= 0.3 is 0 Å². The minimum Gasteiger partial charge on any atom is -0.493 e. The molecule has 0 radical (unpaired) electrons. The molecular formula is C18H20ClNO. The molecule has 1 heterocycles. The molecule has 2 aromatic rings. The van der Waals surface area contributed by atoms with E-state index >= 15 is 0 Å². The predicted octanol–water partition coefficient (Wildman–Crippen LogP) is 4.28. The van der Waals surface area contributed by atoms with Gasteiger partial charge in [-0.15, -0.1) is 0 Å². The minimum absolute atomic E-state index is 0.192. The van der Waals surface area contributed by atoms with Crippen molar-refractivity contribution in [2.24, 2.45) is 0 Å². The molecule has 1 aliphatic rings. The highest BCUT2D eigenvalue weighted by Crippen LogP contribution is 2.31. The van der Waals surface area contributed by atoms with Crippen LogP contribution in [0.15, 0.2) is 36.4 Å². The summed E-state index contributed by atoms with van der Waals surface area (Å²) in [5.74, 6) is 1.03. The molecule has 0 saturated heterocycles. The summed E-state index contributed by atoms with van der Waals surface area (Å²) in [6.07, 6.45) is 1.00. The van der Waals surface area contributed by atoms with Crippen LogP contribution in [-0.2, 0) is 6.42 Å². The predicted molar refractivity (Wildman–Crippen MR) is 87.3 cm³/mol. The smallest absolute Gasteiger partial charge is 0.122 e. The Morgan fingerprint density at radius 3 is 2.71 bits per heavy atom. The molecule has 0 aliphatic carbocycles. The fourth-order valence-electron chi connectivity index (χ4n) is 2.87. The van der Waals surface area contributed by atoms with E-state index in [-0.39, 0.29) is 6.04 Å². The monoisotopic (exact) mass is 301 g/mol. The van der Waals surface area contributed by atoms with E-state index in [0.29, 0.717) is 0 Å². The summed E-state index contributed by atoms with van der Waals surface area (Å²) in [5, 5.41) is 4.39. The molecule has 2 nitrogen and oxygen atoms in total. The Morgan fingerprint density at radius 1 is 1.19 bits per heavy atom. The Morgan fingerprint density at radius 2 is 1.95 bits per heavy atom. The number of benzene rings is 2. The lowest BCUT2D eigenvalue weighted by Gasteiger charge is -2.20. The Bertz CT molecular complexity index is 654. The van der Waals surface area contributed by atoms with Crippen molar-refractivity contribution in [1.29, 1.82) is 0 Å². The van der Waals surface area contributed by atoms with Crippen LogP contribution in [0.5, 0.6) is 5.75 Å². The molecular weight excluding hydrogens is 282 g/mol. The van der Waals surface area contributed by atoms with Crippen LogP contribution < -0.4 is 10.1 Å². The van der Waals surface area contributed by atoms with Crippen LogP contribution in [0.3, 0.4) is 0 Å². The van der Waals surface area contributed by atoms with Crippen LogP contribution in [0.4, 0.5) is 0 Å². The van der Waals surface area contributed by atoms with E-state index in [4.69, 9.17) is 16.3 Å². The fourth-order valence-corrected chi connectivity index (χ4v) is 2.98. The van der Waals surface area contributed by atoms with Crippen LogP contribution >= 0.6 is 11.6 Å². The zero-order chi connectivity index (χ0) is 14.8. The Kier molecular flexibility index (Phi) is 4.18. The van der Waals surface area contributed by atoms with Gasteiger partial charge in [-0.1, -0.05) is 42.8 Å². The second-order valence-electron chi connectivity index (χ2n) is 5.46. The van der Waals surface area contributed by atoms with Gasteiger partial charge in [0.1, 0.15) is 5.75 Å². The van der Waals surface area contributed by atoms with Crippen molar-refractivity contribution in [3.05, 3.63) is 63.7 Å². The van der Waals surface area contributed by atoms with Gasteiger partial charge in [0.15, 0.2) is 0 Å². The highest BCUT2D eigenvalue weighted by molar-refractivity contribution is 6.31. The number of halogens is 1. The molecule has 21 heavy (non-hydrogen) atoms. The van der Waals surface area contributed by atoms with E-state index in [9.17, 15) is 0 Å². The van der Waals surface area contributed by atoms with Gasteiger partial charge in [-0.05, 0) is 47.9 Å². The van der Waals surface area contributed by atoms with Gasteiger partial charge in [0.25, 0.3) is 0 Å². The van der Waals surface area contributed by atoms with Gasteiger partial charge < -0.3 is 10.1 Å². The fraction of sp³-hybridized carbons (Fsp3) is 0.333. The quantitative estimate of drug-likeness (QED) is 0.910. The SMILES string of the molecule is CCNC(c1ccc(Cl)c(C)c1)c1ccc2c(c1)CCO2. The van der Waals surface area contributed by atoms with E-state index in [2.05, 4.69) is 42.6 Å². The second kappa shape index (κ2) is 6.08. The topological polar surface area (TPSA) is 21.3 Å². The first-order chi connectivity index (χ1) is 10.2. The van der Waals surface area contributed by atoms with Gasteiger partial charge in [-0.2, -0.15) is 0 Å². The van der Waals surface area contributed by atoms with Crippen LogP contribution in [0.25, 0.3) is 0 Å². The molecule has 1 atom stereocenters. The van der Waals surface area contributed by atoms with Gasteiger partial charge in [-0.25, -0.2) is 0 Å². The highest BCUT2D eigenvalue weighted by Gasteiger charge is 2.18. The molecule has 0 aromatic heterocycles. The normalized spacial score (nSPS) is 14.6. The average molecular weight is 302 g/mol. The molecule has 0 saturated carbocycles. The maximum atomic E-state index is 6.15. The van der Waals surface area contributed by atoms with Crippen LogP contribution in [-0.4, -0.2) is 13.2 Å².